The molecular weight excluding hydrogens is 295 g/mol. The van der Waals surface area contributed by atoms with E-state index in [-0.39, 0.29) is 5.92 Å². The lowest BCUT2D eigenvalue weighted by molar-refractivity contribution is -0.0798. The van der Waals surface area contributed by atoms with E-state index in [0.717, 1.165) is 11.5 Å². The maximum absolute atomic E-state index is 5.77. The highest BCUT2D eigenvalue weighted by Crippen LogP contribution is 2.33. The Labute approximate surface area is 126 Å². The van der Waals surface area contributed by atoms with Crippen LogP contribution in [0.4, 0.5) is 0 Å². The smallest absolute Gasteiger partial charge is 0.220 e. The molecule has 0 bridgehead atoms. The summed E-state index contributed by atoms with van der Waals surface area (Å²) in [5, 5.41) is 0. The molecule has 1 unspecified atom stereocenters. The van der Waals surface area contributed by atoms with Crippen molar-refractivity contribution in [1.82, 2.24) is 9.97 Å². The van der Waals surface area contributed by atoms with Crippen molar-refractivity contribution in [2.45, 2.75) is 46.6 Å². The predicted molar refractivity (Wildman–Crippen MR) is 84.2 cm³/mol. The molecule has 1 rings (SSSR count). The predicted octanol–water partition coefficient (Wildman–Crippen LogP) is 3.23. The van der Waals surface area contributed by atoms with Crippen LogP contribution in [0.15, 0.2) is 6.07 Å². The number of nitrogens with zero attached hydrogens (tertiary/aromatic N) is 2. The lowest BCUT2D eigenvalue weighted by Crippen LogP contribution is -2.15. The van der Waals surface area contributed by atoms with Gasteiger partial charge < -0.3 is 14.0 Å². The number of rotatable bonds is 8. The van der Waals surface area contributed by atoms with E-state index in [9.17, 15) is 0 Å². The Kier molecular flexibility index (Phi) is 7.59. The van der Waals surface area contributed by atoms with Crippen molar-refractivity contribution in [3.05, 3.63) is 17.6 Å². The second-order valence-electron chi connectivity index (χ2n) is 4.52. The molecule has 0 aliphatic heterocycles. The second-order valence-corrected chi connectivity index (χ2v) is 7.04. The van der Waals surface area contributed by atoms with Crippen molar-refractivity contribution in [2.75, 3.05) is 13.2 Å². The molecule has 0 aliphatic rings. The molecule has 0 fully saturated rings. The Balaban J connectivity index is 2.83. The Morgan fingerprint density at radius 2 is 1.80 bits per heavy atom. The number of aryl methyl sites for hydroxylation is 1. The first-order valence-corrected chi connectivity index (χ1v) is 9.40. The van der Waals surface area contributed by atoms with E-state index in [0.29, 0.717) is 19.1 Å². The van der Waals surface area contributed by atoms with Crippen LogP contribution in [-0.4, -0.2) is 29.2 Å². The molecule has 5 nitrogen and oxygen atoms in total. The summed E-state index contributed by atoms with van der Waals surface area (Å²) in [6.07, 6.45) is 0. The van der Waals surface area contributed by atoms with Gasteiger partial charge in [-0.2, -0.15) is 4.98 Å². The zero-order chi connectivity index (χ0) is 15.1. The quantitative estimate of drug-likeness (QED) is 0.542. The molecule has 0 saturated heterocycles. The Morgan fingerprint density at radius 1 is 1.20 bits per heavy atom. The lowest BCUT2D eigenvalue weighted by atomic mass is 10.2. The molecule has 0 saturated carbocycles. The molecule has 20 heavy (non-hydrogen) atoms. The van der Waals surface area contributed by atoms with E-state index in [4.69, 9.17) is 25.8 Å². The summed E-state index contributed by atoms with van der Waals surface area (Å²) in [5.74, 6) is 1.51. The van der Waals surface area contributed by atoms with Gasteiger partial charge >= 0.3 is 0 Å². The number of aromatic nitrogens is 2. The van der Waals surface area contributed by atoms with Gasteiger partial charge in [-0.15, -0.1) is 0 Å². The molecule has 7 heteroatoms. The van der Waals surface area contributed by atoms with E-state index in [1.807, 2.05) is 34.6 Å². The minimum Gasteiger partial charge on any atom is -0.447 e. The van der Waals surface area contributed by atoms with Gasteiger partial charge in [-0.05, 0) is 20.8 Å². The summed E-state index contributed by atoms with van der Waals surface area (Å²) in [6.45, 7) is 9.18. The normalized spacial score (nSPS) is 12.9. The molecule has 0 aliphatic carbocycles. The van der Waals surface area contributed by atoms with Gasteiger partial charge in [-0.3, -0.25) is 0 Å². The number of hydrogen-bond acceptors (Lipinski definition) is 6. The molecule has 1 aromatic rings. The van der Waals surface area contributed by atoms with Crippen molar-refractivity contribution >= 4 is 18.7 Å². The molecule has 114 valence electrons. The largest absolute Gasteiger partial charge is 0.447 e. The van der Waals surface area contributed by atoms with Crippen LogP contribution in [0.2, 0.25) is 0 Å². The van der Waals surface area contributed by atoms with Gasteiger partial charge in [0.15, 0.2) is 6.92 Å². The molecule has 1 heterocycles. The zero-order valence-corrected chi connectivity index (χ0v) is 14.5. The standard InChI is InChI=1S/C13H23N2O3PS/c1-6-16-13(17-7-2)19(20)18-11-8-10(5)14-12(15-11)9(3)4/h8-9,13,19H,6-7H2,1-5H3. The summed E-state index contributed by atoms with van der Waals surface area (Å²) in [4.78, 5) is 8.77. The van der Waals surface area contributed by atoms with Gasteiger partial charge in [0.1, 0.15) is 5.82 Å². The third kappa shape index (κ3) is 5.44. The second kappa shape index (κ2) is 8.67. The minimum absolute atomic E-state index is 0.243. The van der Waals surface area contributed by atoms with Crippen molar-refractivity contribution < 1.29 is 14.0 Å². The van der Waals surface area contributed by atoms with Crippen LogP contribution in [0.1, 0.15) is 45.1 Å². The van der Waals surface area contributed by atoms with E-state index in [1.165, 1.54) is 0 Å². The van der Waals surface area contributed by atoms with Crippen LogP contribution in [0.25, 0.3) is 0 Å². The highest BCUT2D eigenvalue weighted by molar-refractivity contribution is 8.03. The molecule has 0 aromatic carbocycles. The minimum atomic E-state index is -1.72. The number of ether oxygens (including phenoxy) is 2. The summed E-state index contributed by atoms with van der Waals surface area (Å²) in [6, 6.07) is 1.32. The first kappa shape index (κ1) is 17.5. The van der Waals surface area contributed by atoms with Crippen molar-refractivity contribution in [1.29, 1.82) is 0 Å². The fraction of sp³-hybridized carbons (Fsp3) is 0.692. The van der Waals surface area contributed by atoms with Crippen LogP contribution in [0, 0.1) is 6.92 Å². The summed E-state index contributed by atoms with van der Waals surface area (Å²) < 4.78 is 16.7. The Hall–Kier alpha value is -0.550. The highest BCUT2D eigenvalue weighted by Gasteiger charge is 2.16. The van der Waals surface area contributed by atoms with Crippen LogP contribution in [0.5, 0.6) is 5.88 Å². The zero-order valence-electron chi connectivity index (χ0n) is 12.7. The molecule has 1 atom stereocenters. The summed E-state index contributed by atoms with van der Waals surface area (Å²) >= 11 is 5.39. The van der Waals surface area contributed by atoms with Gasteiger partial charge in [-0.1, -0.05) is 25.7 Å². The van der Waals surface area contributed by atoms with Crippen molar-refractivity contribution in [2.24, 2.45) is 0 Å². The van der Waals surface area contributed by atoms with Crippen LogP contribution >= 0.6 is 6.92 Å². The van der Waals surface area contributed by atoms with E-state index < -0.39 is 13.0 Å². The maximum Gasteiger partial charge on any atom is 0.220 e. The Bertz CT molecular complexity index is 451. The number of hydrogen-bond donors (Lipinski definition) is 0. The molecule has 0 spiro atoms. The lowest BCUT2D eigenvalue weighted by Gasteiger charge is -2.19. The maximum atomic E-state index is 5.77. The van der Waals surface area contributed by atoms with Crippen molar-refractivity contribution in [3.8, 4) is 5.88 Å². The van der Waals surface area contributed by atoms with Gasteiger partial charge in [-0.25, -0.2) is 4.98 Å². The first-order valence-electron chi connectivity index (χ1n) is 6.78. The first-order chi connectivity index (χ1) is 9.47. The fourth-order valence-corrected chi connectivity index (χ4v) is 3.19. The summed E-state index contributed by atoms with van der Waals surface area (Å²) in [5.41, 5.74) is 0.868. The molecular formula is C13H23N2O3PS. The van der Waals surface area contributed by atoms with Gasteiger partial charge in [0.2, 0.25) is 11.9 Å². The van der Waals surface area contributed by atoms with E-state index >= 15 is 0 Å². The third-order valence-electron chi connectivity index (χ3n) is 2.40. The SMILES string of the molecule is CCOC(OCC)[PH](=S)Oc1cc(C)nc(C(C)C)n1. The van der Waals surface area contributed by atoms with Crippen LogP contribution < -0.4 is 4.52 Å². The monoisotopic (exact) mass is 318 g/mol. The molecule has 0 N–H and O–H groups in total. The molecule has 0 amide bonds. The molecule has 0 radical (unpaired) electrons. The van der Waals surface area contributed by atoms with Crippen LogP contribution in [-0.2, 0) is 21.3 Å². The average molecular weight is 318 g/mol. The van der Waals surface area contributed by atoms with Gasteiger partial charge in [0.25, 0.3) is 0 Å². The fourth-order valence-electron chi connectivity index (χ4n) is 1.51. The Morgan fingerprint density at radius 3 is 2.30 bits per heavy atom. The van der Waals surface area contributed by atoms with E-state index in [1.54, 1.807) is 6.07 Å². The van der Waals surface area contributed by atoms with Gasteiger partial charge in [0, 0.05) is 30.9 Å². The topological polar surface area (TPSA) is 53.5 Å². The summed E-state index contributed by atoms with van der Waals surface area (Å²) in [7, 11) is 0. The molecule has 1 aromatic heterocycles. The third-order valence-corrected chi connectivity index (χ3v) is 4.35. The van der Waals surface area contributed by atoms with Gasteiger partial charge in [0.05, 0.1) is 0 Å². The van der Waals surface area contributed by atoms with Crippen LogP contribution in [0.3, 0.4) is 0 Å². The van der Waals surface area contributed by atoms with Crippen molar-refractivity contribution in [3.63, 3.8) is 0 Å². The average Bonchev–Trinajstić information content (AvgIpc) is 2.37. The van der Waals surface area contributed by atoms with E-state index in [2.05, 4.69) is 9.97 Å². The highest BCUT2D eigenvalue weighted by atomic mass is 32.4.